The van der Waals surface area contributed by atoms with Gasteiger partial charge in [-0.25, -0.2) is 4.98 Å². The van der Waals surface area contributed by atoms with E-state index in [0.717, 1.165) is 5.56 Å². The third-order valence-electron chi connectivity index (χ3n) is 3.35. The molecule has 0 aliphatic rings. The minimum atomic E-state index is -0.558. The second-order valence-corrected chi connectivity index (χ2v) is 5.82. The maximum atomic E-state index is 12.4. The molecular weight excluding hydrogens is 328 g/mol. The van der Waals surface area contributed by atoms with Crippen molar-refractivity contribution in [2.24, 2.45) is 0 Å². The van der Waals surface area contributed by atoms with E-state index in [1.165, 1.54) is 17.4 Å². The number of pyridine rings is 1. The lowest BCUT2D eigenvalue weighted by atomic mass is 10.1. The van der Waals surface area contributed by atoms with Crippen LogP contribution in [0.3, 0.4) is 0 Å². The number of nitrogens with zero attached hydrogens (tertiary/aromatic N) is 3. The SMILES string of the molecule is Cc1cccc(C(=O)Nc2nc(-c3cccnc3)cs2)c1[N+](=O)[O-]. The van der Waals surface area contributed by atoms with Gasteiger partial charge in [-0.1, -0.05) is 12.1 Å². The van der Waals surface area contributed by atoms with Crippen molar-refractivity contribution in [1.82, 2.24) is 9.97 Å². The Balaban J connectivity index is 1.85. The summed E-state index contributed by atoms with van der Waals surface area (Å²) in [4.78, 5) is 31.4. The molecule has 3 rings (SSSR count). The molecule has 0 aliphatic heterocycles. The summed E-state index contributed by atoms with van der Waals surface area (Å²) in [6.07, 6.45) is 3.33. The molecule has 0 unspecified atom stereocenters. The van der Waals surface area contributed by atoms with Crippen LogP contribution in [0.5, 0.6) is 0 Å². The second-order valence-electron chi connectivity index (χ2n) is 4.96. The number of thiazole rings is 1. The number of carbonyl (C=O) groups excluding carboxylic acids is 1. The van der Waals surface area contributed by atoms with Crippen molar-refractivity contribution in [3.63, 3.8) is 0 Å². The van der Waals surface area contributed by atoms with Crippen LogP contribution in [0.25, 0.3) is 11.3 Å². The molecular formula is C16H12N4O3S. The van der Waals surface area contributed by atoms with E-state index in [0.29, 0.717) is 16.4 Å². The number of rotatable bonds is 4. The highest BCUT2D eigenvalue weighted by molar-refractivity contribution is 7.14. The zero-order chi connectivity index (χ0) is 17.1. The summed E-state index contributed by atoms with van der Waals surface area (Å²) in [5.74, 6) is -0.558. The number of hydrogen-bond donors (Lipinski definition) is 1. The third kappa shape index (κ3) is 3.13. The van der Waals surface area contributed by atoms with Gasteiger partial charge in [0, 0.05) is 28.9 Å². The van der Waals surface area contributed by atoms with Gasteiger partial charge in [-0.05, 0) is 25.1 Å². The Morgan fingerprint density at radius 3 is 2.83 bits per heavy atom. The van der Waals surface area contributed by atoms with Crippen molar-refractivity contribution in [2.45, 2.75) is 6.92 Å². The van der Waals surface area contributed by atoms with Crippen LogP contribution in [0.2, 0.25) is 0 Å². The molecule has 0 aliphatic carbocycles. The summed E-state index contributed by atoms with van der Waals surface area (Å²) in [5, 5.41) is 16.0. The van der Waals surface area contributed by atoms with Crippen molar-refractivity contribution >= 4 is 28.1 Å². The summed E-state index contributed by atoms with van der Waals surface area (Å²) in [6.45, 7) is 1.60. The molecule has 0 fully saturated rings. The highest BCUT2D eigenvalue weighted by Gasteiger charge is 2.23. The highest BCUT2D eigenvalue weighted by Crippen LogP contribution is 2.27. The largest absolute Gasteiger partial charge is 0.298 e. The van der Waals surface area contributed by atoms with Crippen molar-refractivity contribution in [1.29, 1.82) is 0 Å². The van der Waals surface area contributed by atoms with E-state index in [-0.39, 0.29) is 11.3 Å². The minimum absolute atomic E-state index is 0.0122. The zero-order valence-electron chi connectivity index (χ0n) is 12.6. The Morgan fingerprint density at radius 1 is 1.29 bits per heavy atom. The summed E-state index contributed by atoms with van der Waals surface area (Å²) >= 11 is 1.25. The van der Waals surface area contributed by atoms with Crippen molar-refractivity contribution in [3.8, 4) is 11.3 Å². The van der Waals surface area contributed by atoms with Crippen LogP contribution in [0.4, 0.5) is 10.8 Å². The molecule has 0 atom stereocenters. The molecule has 1 aromatic carbocycles. The Labute approximate surface area is 141 Å². The number of nitro groups is 1. The normalized spacial score (nSPS) is 10.4. The van der Waals surface area contributed by atoms with Gasteiger partial charge in [0.1, 0.15) is 5.56 Å². The summed E-state index contributed by atoms with van der Waals surface area (Å²) < 4.78 is 0. The highest BCUT2D eigenvalue weighted by atomic mass is 32.1. The molecule has 1 N–H and O–H groups in total. The van der Waals surface area contributed by atoms with E-state index in [4.69, 9.17) is 0 Å². The van der Waals surface area contributed by atoms with Crippen LogP contribution in [0.1, 0.15) is 15.9 Å². The molecule has 24 heavy (non-hydrogen) atoms. The van der Waals surface area contributed by atoms with Gasteiger partial charge < -0.3 is 0 Å². The molecule has 1 amide bonds. The Morgan fingerprint density at radius 2 is 2.12 bits per heavy atom. The number of benzene rings is 1. The number of aromatic nitrogens is 2. The van der Waals surface area contributed by atoms with Crippen molar-refractivity contribution in [2.75, 3.05) is 5.32 Å². The fraction of sp³-hybridized carbons (Fsp3) is 0.0625. The maximum Gasteiger partial charge on any atom is 0.285 e. The van der Waals surface area contributed by atoms with Crippen LogP contribution in [0, 0.1) is 17.0 Å². The van der Waals surface area contributed by atoms with Gasteiger partial charge in [0.05, 0.1) is 10.6 Å². The molecule has 7 nitrogen and oxygen atoms in total. The van der Waals surface area contributed by atoms with Crippen molar-refractivity contribution in [3.05, 3.63) is 69.3 Å². The molecule has 0 spiro atoms. The quantitative estimate of drug-likeness (QED) is 0.577. The first kappa shape index (κ1) is 15.8. The molecule has 0 bridgehead atoms. The molecule has 2 aromatic heterocycles. The number of nitro benzene ring substituents is 1. The number of para-hydroxylation sites is 1. The van der Waals surface area contributed by atoms with E-state index in [9.17, 15) is 14.9 Å². The predicted molar refractivity (Wildman–Crippen MR) is 91.1 cm³/mol. The van der Waals surface area contributed by atoms with Gasteiger partial charge in [-0.15, -0.1) is 11.3 Å². The van der Waals surface area contributed by atoms with E-state index in [2.05, 4.69) is 15.3 Å². The number of anilines is 1. The molecule has 3 aromatic rings. The van der Waals surface area contributed by atoms with Gasteiger partial charge in [-0.3, -0.25) is 25.2 Å². The molecule has 0 saturated carbocycles. The van der Waals surface area contributed by atoms with E-state index < -0.39 is 10.8 Å². The number of amides is 1. The summed E-state index contributed by atoms with van der Waals surface area (Å²) in [5.41, 5.74) is 1.76. The van der Waals surface area contributed by atoms with E-state index >= 15 is 0 Å². The Bertz CT molecular complexity index is 909. The van der Waals surface area contributed by atoms with Crippen LogP contribution >= 0.6 is 11.3 Å². The zero-order valence-corrected chi connectivity index (χ0v) is 13.4. The lowest BCUT2D eigenvalue weighted by Crippen LogP contribution is -2.14. The fourth-order valence-electron chi connectivity index (χ4n) is 2.23. The van der Waals surface area contributed by atoms with Gasteiger partial charge in [0.15, 0.2) is 5.13 Å². The summed E-state index contributed by atoms with van der Waals surface area (Å²) in [7, 11) is 0. The van der Waals surface area contributed by atoms with Crippen LogP contribution in [0.15, 0.2) is 48.1 Å². The number of aryl methyl sites for hydroxylation is 1. The first-order valence-electron chi connectivity index (χ1n) is 6.97. The topological polar surface area (TPSA) is 98.0 Å². The van der Waals surface area contributed by atoms with E-state index in [1.54, 1.807) is 42.9 Å². The standard InChI is InChI=1S/C16H12N4O3S/c1-10-4-2-6-12(14(10)20(22)23)15(21)19-16-18-13(9-24-16)11-5-3-7-17-8-11/h2-9H,1H3,(H,18,19,21). The monoisotopic (exact) mass is 340 g/mol. The van der Waals surface area contributed by atoms with E-state index in [1.807, 2.05) is 6.07 Å². The number of nitrogens with one attached hydrogen (secondary N) is 1. The van der Waals surface area contributed by atoms with Gasteiger partial charge in [0.2, 0.25) is 0 Å². The minimum Gasteiger partial charge on any atom is -0.298 e. The Hall–Kier alpha value is -3.13. The van der Waals surface area contributed by atoms with Gasteiger partial charge >= 0.3 is 0 Å². The first-order chi connectivity index (χ1) is 11.6. The average Bonchev–Trinajstić information content (AvgIpc) is 3.03. The van der Waals surface area contributed by atoms with Crippen LogP contribution in [-0.4, -0.2) is 20.8 Å². The fourth-order valence-corrected chi connectivity index (χ4v) is 2.94. The maximum absolute atomic E-state index is 12.4. The van der Waals surface area contributed by atoms with Crippen LogP contribution in [-0.2, 0) is 0 Å². The molecule has 120 valence electrons. The second kappa shape index (κ2) is 6.55. The lowest BCUT2D eigenvalue weighted by molar-refractivity contribution is -0.385. The summed E-state index contributed by atoms with van der Waals surface area (Å²) in [6, 6.07) is 8.29. The third-order valence-corrected chi connectivity index (χ3v) is 4.10. The number of hydrogen-bond acceptors (Lipinski definition) is 6. The average molecular weight is 340 g/mol. The molecule has 0 saturated heterocycles. The Kier molecular flexibility index (Phi) is 4.30. The molecule has 0 radical (unpaired) electrons. The van der Waals surface area contributed by atoms with Gasteiger partial charge in [-0.2, -0.15) is 0 Å². The predicted octanol–water partition coefficient (Wildman–Crippen LogP) is 3.67. The van der Waals surface area contributed by atoms with Crippen molar-refractivity contribution < 1.29 is 9.72 Å². The van der Waals surface area contributed by atoms with Crippen LogP contribution < -0.4 is 5.32 Å². The smallest absolute Gasteiger partial charge is 0.285 e. The molecule has 2 heterocycles. The molecule has 8 heteroatoms. The first-order valence-corrected chi connectivity index (χ1v) is 7.85. The number of carbonyl (C=O) groups is 1. The van der Waals surface area contributed by atoms with Gasteiger partial charge in [0.25, 0.3) is 11.6 Å². The lowest BCUT2D eigenvalue weighted by Gasteiger charge is -2.05.